The minimum Gasteiger partial charge on any atom is -0.349 e. The first-order valence-corrected chi connectivity index (χ1v) is 18.6. The Kier molecular flexibility index (Phi) is 22.6. The van der Waals surface area contributed by atoms with E-state index in [1.807, 2.05) is 53.4 Å². The number of hydrogen-bond acceptors (Lipinski definition) is 9. The van der Waals surface area contributed by atoms with Gasteiger partial charge in [0.05, 0.1) is 20.5 Å². The number of unbranched alkanes of at least 4 members (excludes halogenated alkanes) is 6. The summed E-state index contributed by atoms with van der Waals surface area (Å²) >= 11 is 0. The summed E-state index contributed by atoms with van der Waals surface area (Å²) in [6.07, 6.45) is 8.69. The Bertz CT molecular complexity index is 573. The number of ether oxygens (including phenoxy) is 8. The SMILES string of the molecule is CCCCCCOC([SiH3])(OCC)C(OCC)(OCC)N(CC)C(OCC)(OCC)C([SiH3])(OCC)OCCCCCC. The lowest BCUT2D eigenvalue weighted by Crippen LogP contribution is -2.81. The van der Waals surface area contributed by atoms with Gasteiger partial charge in [-0.25, -0.2) is 0 Å². The number of nitrogens with zero attached hydrogens (tertiary/aromatic N) is 1. The summed E-state index contributed by atoms with van der Waals surface area (Å²) in [6, 6.07) is 0. The maximum atomic E-state index is 6.69. The van der Waals surface area contributed by atoms with E-state index in [4.69, 9.17) is 37.9 Å². The Morgan fingerprint density at radius 3 is 0.976 bits per heavy atom. The second kappa shape index (κ2) is 22.6. The van der Waals surface area contributed by atoms with E-state index in [0.29, 0.717) is 79.9 Å². The van der Waals surface area contributed by atoms with E-state index in [1.165, 1.54) is 12.8 Å². The first-order valence-electron chi connectivity index (χ1n) is 16.6. The minimum absolute atomic E-state index is 0.363. The molecule has 0 aliphatic heterocycles. The van der Waals surface area contributed by atoms with Crippen molar-refractivity contribution in [2.75, 3.05) is 59.4 Å². The summed E-state index contributed by atoms with van der Waals surface area (Å²) in [5, 5.41) is 0. The Labute approximate surface area is 258 Å². The van der Waals surface area contributed by atoms with Crippen molar-refractivity contribution in [3.8, 4) is 0 Å². The van der Waals surface area contributed by atoms with Crippen LogP contribution in [0.15, 0.2) is 0 Å². The van der Waals surface area contributed by atoms with Gasteiger partial charge in [-0.1, -0.05) is 59.3 Å². The number of hydrogen-bond donors (Lipinski definition) is 0. The van der Waals surface area contributed by atoms with Crippen LogP contribution in [0.5, 0.6) is 0 Å². The molecule has 2 atom stereocenters. The Morgan fingerprint density at radius 1 is 0.415 bits per heavy atom. The van der Waals surface area contributed by atoms with Crippen molar-refractivity contribution in [2.45, 2.75) is 136 Å². The summed E-state index contributed by atoms with van der Waals surface area (Å²) in [7, 11) is 0.906. The van der Waals surface area contributed by atoms with Crippen molar-refractivity contribution in [3.05, 3.63) is 0 Å². The lowest BCUT2D eigenvalue weighted by Gasteiger charge is -2.59. The van der Waals surface area contributed by atoms with Crippen LogP contribution in [0.25, 0.3) is 0 Å². The van der Waals surface area contributed by atoms with Crippen molar-refractivity contribution < 1.29 is 37.9 Å². The highest BCUT2D eigenvalue weighted by Crippen LogP contribution is 2.45. The van der Waals surface area contributed by atoms with Gasteiger partial charge in [0.15, 0.2) is 0 Å². The molecule has 0 rings (SSSR count). The molecule has 0 aromatic carbocycles. The molecule has 0 amide bonds. The maximum Gasteiger partial charge on any atom is 0.285 e. The molecule has 0 spiro atoms. The standard InChI is InChI=1S/C30H67NO8Si2/c1-10-19-21-23-25-38-29(40,36-17-8)27(32-13-4,33-14-5)31(12-3)28(34-15-6,35-16-7)30(41,37-18-9)39-26-24-22-20-11-2/h10-26H2,1-9,40-41H3. The molecule has 2 unspecified atom stereocenters. The molecule has 0 aromatic rings. The van der Waals surface area contributed by atoms with E-state index in [0.717, 1.165) is 38.5 Å². The van der Waals surface area contributed by atoms with E-state index in [2.05, 4.69) is 13.8 Å². The average molecular weight is 626 g/mol. The lowest BCUT2D eigenvalue weighted by atomic mass is 10.2. The molecule has 0 N–H and O–H groups in total. The van der Waals surface area contributed by atoms with Gasteiger partial charge in [0.25, 0.3) is 11.8 Å². The predicted octanol–water partition coefficient (Wildman–Crippen LogP) is 4.07. The molecule has 0 radical (unpaired) electrons. The van der Waals surface area contributed by atoms with Crippen LogP contribution in [-0.2, 0) is 37.9 Å². The molecule has 41 heavy (non-hydrogen) atoms. The van der Waals surface area contributed by atoms with Crippen molar-refractivity contribution in [1.29, 1.82) is 0 Å². The van der Waals surface area contributed by atoms with E-state index in [9.17, 15) is 0 Å². The van der Waals surface area contributed by atoms with Crippen LogP contribution in [0, 0.1) is 0 Å². The number of likely N-dealkylation sites (N-methyl/N-ethyl adjacent to an activating group) is 1. The molecule has 0 bridgehead atoms. The Hall–Kier alpha value is 0.0738. The molecule has 0 aliphatic carbocycles. The Morgan fingerprint density at radius 2 is 0.732 bits per heavy atom. The highest BCUT2D eigenvalue weighted by molar-refractivity contribution is 6.15. The molecule has 0 aromatic heterocycles. The average Bonchev–Trinajstić information content (AvgIpc) is 2.93. The van der Waals surface area contributed by atoms with Gasteiger partial charge in [0.2, 0.25) is 10.8 Å². The maximum absolute atomic E-state index is 6.69. The fourth-order valence-electron chi connectivity index (χ4n) is 5.39. The Balaban J connectivity index is 7.18. The first-order chi connectivity index (χ1) is 19.7. The largest absolute Gasteiger partial charge is 0.349 e. The molecule has 248 valence electrons. The summed E-state index contributed by atoms with van der Waals surface area (Å²) in [5.74, 6) is -2.97. The second-order valence-electron chi connectivity index (χ2n) is 10.2. The zero-order valence-corrected chi connectivity index (χ0v) is 32.7. The highest BCUT2D eigenvalue weighted by atomic mass is 28.2. The van der Waals surface area contributed by atoms with Gasteiger partial charge in [-0.2, -0.15) is 4.90 Å². The van der Waals surface area contributed by atoms with Gasteiger partial charge >= 0.3 is 0 Å². The summed E-state index contributed by atoms with van der Waals surface area (Å²) in [4.78, 5) is 1.98. The topological polar surface area (TPSA) is 77.1 Å². The van der Waals surface area contributed by atoms with E-state index >= 15 is 0 Å². The van der Waals surface area contributed by atoms with Gasteiger partial charge in [-0.3, -0.25) is 0 Å². The molecule has 9 nitrogen and oxygen atoms in total. The molecule has 11 heteroatoms. The molecular formula is C30H67NO8Si2. The van der Waals surface area contributed by atoms with Crippen molar-refractivity contribution in [2.24, 2.45) is 0 Å². The van der Waals surface area contributed by atoms with Gasteiger partial charge in [-0.15, -0.1) is 0 Å². The number of rotatable bonds is 29. The third-order valence-electron chi connectivity index (χ3n) is 7.12. The van der Waals surface area contributed by atoms with E-state index in [-0.39, 0.29) is 0 Å². The van der Waals surface area contributed by atoms with Crippen LogP contribution >= 0.6 is 0 Å². The molecule has 0 aliphatic rings. The van der Waals surface area contributed by atoms with Crippen LogP contribution in [0.4, 0.5) is 0 Å². The monoisotopic (exact) mass is 625 g/mol. The zero-order chi connectivity index (χ0) is 31.3. The smallest absolute Gasteiger partial charge is 0.285 e. The third kappa shape index (κ3) is 11.2. The quantitative estimate of drug-likeness (QED) is 0.0695. The van der Waals surface area contributed by atoms with Crippen LogP contribution in [0.2, 0.25) is 0 Å². The van der Waals surface area contributed by atoms with Crippen LogP contribution in [0.3, 0.4) is 0 Å². The van der Waals surface area contributed by atoms with E-state index < -0.39 is 22.6 Å². The normalized spacial score (nSPS) is 16.0. The van der Waals surface area contributed by atoms with Crippen LogP contribution in [-0.4, -0.2) is 107 Å². The van der Waals surface area contributed by atoms with Crippen LogP contribution in [0.1, 0.15) is 114 Å². The summed E-state index contributed by atoms with van der Waals surface area (Å²) in [5.41, 5.74) is -2.38. The molecule has 0 heterocycles. The lowest BCUT2D eigenvalue weighted by molar-refractivity contribution is -0.515. The molecular weight excluding hydrogens is 559 g/mol. The van der Waals surface area contributed by atoms with Crippen LogP contribution < -0.4 is 0 Å². The summed E-state index contributed by atoms with van der Waals surface area (Å²) in [6.45, 7) is 22.1. The fourth-order valence-corrected chi connectivity index (χ4v) is 7.50. The predicted molar refractivity (Wildman–Crippen MR) is 173 cm³/mol. The van der Waals surface area contributed by atoms with Crippen molar-refractivity contribution in [1.82, 2.24) is 4.90 Å². The minimum atomic E-state index is -1.49. The van der Waals surface area contributed by atoms with E-state index in [1.54, 1.807) is 0 Å². The van der Waals surface area contributed by atoms with Gasteiger partial charge in [-0.05, 0) is 54.4 Å². The molecule has 0 fully saturated rings. The van der Waals surface area contributed by atoms with Gasteiger partial charge in [0, 0.05) is 59.4 Å². The molecule has 0 saturated heterocycles. The zero-order valence-electron chi connectivity index (χ0n) is 28.7. The second-order valence-corrected chi connectivity index (χ2v) is 12.8. The van der Waals surface area contributed by atoms with Gasteiger partial charge < -0.3 is 37.9 Å². The summed E-state index contributed by atoms with van der Waals surface area (Å²) < 4.78 is 53.1. The third-order valence-corrected chi connectivity index (χ3v) is 9.54. The molecule has 0 saturated carbocycles. The van der Waals surface area contributed by atoms with Crippen molar-refractivity contribution >= 4 is 20.5 Å². The fraction of sp³-hybridized carbons (Fsp3) is 1.00. The van der Waals surface area contributed by atoms with Crippen molar-refractivity contribution in [3.63, 3.8) is 0 Å². The highest BCUT2D eigenvalue weighted by Gasteiger charge is 2.68. The van der Waals surface area contributed by atoms with Gasteiger partial charge in [0.1, 0.15) is 0 Å². The first kappa shape index (κ1) is 41.1.